The highest BCUT2D eigenvalue weighted by Crippen LogP contribution is 2.46. The van der Waals surface area contributed by atoms with Gasteiger partial charge in [-0.3, -0.25) is 9.69 Å². The zero-order valence-electron chi connectivity index (χ0n) is 21.4. The molecule has 2 aromatic carbocycles. The molecule has 2 atom stereocenters. The molecule has 2 saturated heterocycles. The summed E-state index contributed by atoms with van der Waals surface area (Å²) >= 11 is 0. The Hall–Kier alpha value is -2.07. The zero-order valence-corrected chi connectivity index (χ0v) is 21.4. The van der Waals surface area contributed by atoms with Gasteiger partial charge in [-0.15, -0.1) is 0 Å². The summed E-state index contributed by atoms with van der Waals surface area (Å²) in [5.41, 5.74) is 1.75. The van der Waals surface area contributed by atoms with E-state index >= 15 is 0 Å². The summed E-state index contributed by atoms with van der Waals surface area (Å²) in [6.45, 7) is 12.4. The highest BCUT2D eigenvalue weighted by atomic mass is 16.5. The fourth-order valence-electron chi connectivity index (χ4n) is 6.68. The first-order valence-electron chi connectivity index (χ1n) is 13.4. The van der Waals surface area contributed by atoms with Crippen LogP contribution in [0.1, 0.15) is 65.4 Å². The molecular weight excluding hydrogens is 422 g/mol. The van der Waals surface area contributed by atoms with Gasteiger partial charge in [0.2, 0.25) is 0 Å². The van der Waals surface area contributed by atoms with E-state index in [2.05, 4.69) is 62.1 Å². The smallest absolute Gasteiger partial charge is 0.309 e. The van der Waals surface area contributed by atoms with E-state index in [0.29, 0.717) is 30.0 Å². The van der Waals surface area contributed by atoms with Gasteiger partial charge in [-0.2, -0.15) is 0 Å². The Kier molecular flexibility index (Phi) is 6.63. The second kappa shape index (κ2) is 9.53. The van der Waals surface area contributed by atoms with Crippen LogP contribution in [-0.4, -0.2) is 36.7 Å². The SMILES string of the molecule is CCOC(=O)C1C2CC1CN(Cc1ccc3cc(OC4CCC(C(C)(C)C)CC4)ccc3c1)C2. The first-order chi connectivity index (χ1) is 16.3. The van der Waals surface area contributed by atoms with Crippen molar-refractivity contribution < 1.29 is 14.3 Å². The Labute approximate surface area is 205 Å². The molecule has 2 bridgehead atoms. The van der Waals surface area contributed by atoms with Crippen LogP contribution in [0.4, 0.5) is 0 Å². The van der Waals surface area contributed by atoms with Gasteiger partial charge in [0.1, 0.15) is 5.75 Å². The number of ether oxygens (including phenoxy) is 2. The molecule has 0 N–H and O–H groups in total. The molecule has 0 aromatic heterocycles. The summed E-state index contributed by atoms with van der Waals surface area (Å²) in [5, 5.41) is 2.52. The van der Waals surface area contributed by atoms with Gasteiger partial charge in [0.15, 0.2) is 0 Å². The molecule has 0 radical (unpaired) electrons. The van der Waals surface area contributed by atoms with Crippen LogP contribution in [0, 0.1) is 29.1 Å². The Morgan fingerprint density at radius 1 is 0.971 bits per heavy atom. The van der Waals surface area contributed by atoms with Gasteiger partial charge in [-0.1, -0.05) is 39.0 Å². The van der Waals surface area contributed by atoms with Crippen molar-refractivity contribution in [1.82, 2.24) is 4.90 Å². The molecule has 0 amide bonds. The largest absolute Gasteiger partial charge is 0.490 e. The first kappa shape index (κ1) is 23.7. The fraction of sp³-hybridized carbons (Fsp3) is 0.633. The van der Waals surface area contributed by atoms with Crippen molar-refractivity contribution in [2.45, 2.75) is 72.4 Å². The number of carbonyl (C=O) groups excluding carboxylic acids is 1. The lowest BCUT2D eigenvalue weighted by molar-refractivity contribution is -0.166. The van der Waals surface area contributed by atoms with Crippen molar-refractivity contribution in [1.29, 1.82) is 0 Å². The first-order valence-corrected chi connectivity index (χ1v) is 13.4. The van der Waals surface area contributed by atoms with Crippen molar-refractivity contribution >= 4 is 16.7 Å². The van der Waals surface area contributed by atoms with Crippen molar-refractivity contribution in [2.24, 2.45) is 29.1 Å². The Morgan fingerprint density at radius 3 is 2.32 bits per heavy atom. The van der Waals surface area contributed by atoms with Gasteiger partial charge in [-0.25, -0.2) is 0 Å². The molecule has 184 valence electrons. The predicted octanol–water partition coefficient (Wildman–Crippen LogP) is 6.45. The minimum Gasteiger partial charge on any atom is -0.490 e. The highest BCUT2D eigenvalue weighted by Gasteiger charge is 2.50. The van der Waals surface area contributed by atoms with E-state index < -0.39 is 0 Å². The molecule has 4 nitrogen and oxygen atoms in total. The molecule has 2 aliphatic heterocycles. The van der Waals surface area contributed by atoms with E-state index in [1.54, 1.807) is 0 Å². The fourth-order valence-corrected chi connectivity index (χ4v) is 6.68. The standard InChI is InChI=1S/C30H41NO3/c1-5-33-29(32)28-23-15-24(28)19-31(18-23)17-20-6-7-22-16-27(11-8-21(22)14-20)34-26-12-9-25(10-13-26)30(2,3)4/h6-8,11,14,16,23-26,28H,5,9-10,12-13,15,17-19H2,1-4H3. The van der Waals surface area contributed by atoms with E-state index in [4.69, 9.17) is 9.47 Å². The van der Waals surface area contributed by atoms with Gasteiger partial charge in [0, 0.05) is 19.6 Å². The maximum atomic E-state index is 12.2. The summed E-state index contributed by atoms with van der Waals surface area (Å²) in [7, 11) is 0. The van der Waals surface area contributed by atoms with Crippen molar-refractivity contribution in [3.8, 4) is 5.75 Å². The molecule has 0 spiro atoms. The van der Waals surface area contributed by atoms with Gasteiger partial charge in [0.25, 0.3) is 0 Å². The van der Waals surface area contributed by atoms with Crippen LogP contribution in [0.2, 0.25) is 0 Å². The summed E-state index contributed by atoms with van der Waals surface area (Å²) < 4.78 is 11.7. The topological polar surface area (TPSA) is 38.8 Å². The quantitative estimate of drug-likeness (QED) is 0.461. The maximum absolute atomic E-state index is 12.2. The molecule has 2 heterocycles. The third-order valence-electron chi connectivity index (χ3n) is 8.65. The maximum Gasteiger partial charge on any atom is 0.309 e. The van der Waals surface area contributed by atoms with Crippen molar-refractivity contribution in [2.75, 3.05) is 19.7 Å². The van der Waals surface area contributed by atoms with Crippen LogP contribution in [0.15, 0.2) is 36.4 Å². The molecule has 2 saturated carbocycles. The number of piperidine rings is 2. The molecule has 6 rings (SSSR count). The third kappa shape index (κ3) is 4.98. The second-order valence-electron chi connectivity index (χ2n) is 12.0. The Bertz CT molecular complexity index is 1010. The molecule has 34 heavy (non-hydrogen) atoms. The summed E-state index contributed by atoms with van der Waals surface area (Å²) in [6.07, 6.45) is 6.38. The van der Waals surface area contributed by atoms with E-state index in [1.807, 2.05) is 6.92 Å². The van der Waals surface area contributed by atoms with E-state index in [9.17, 15) is 4.79 Å². The number of hydrogen-bond donors (Lipinski definition) is 0. The molecule has 4 fully saturated rings. The van der Waals surface area contributed by atoms with Crippen LogP contribution in [-0.2, 0) is 16.1 Å². The lowest BCUT2D eigenvalue weighted by atomic mass is 9.61. The normalized spacial score (nSPS) is 29.5. The number of esters is 1. The number of nitrogens with zero attached hydrogens (tertiary/aromatic N) is 1. The molecular formula is C30H41NO3. The molecule has 4 heteroatoms. The predicted molar refractivity (Wildman–Crippen MR) is 137 cm³/mol. The van der Waals surface area contributed by atoms with Crippen molar-refractivity contribution in [3.05, 3.63) is 42.0 Å². The van der Waals surface area contributed by atoms with E-state index in [-0.39, 0.29) is 11.9 Å². The number of carbonyl (C=O) groups is 1. The Morgan fingerprint density at radius 2 is 1.65 bits per heavy atom. The van der Waals surface area contributed by atoms with Gasteiger partial charge in [0.05, 0.1) is 18.6 Å². The van der Waals surface area contributed by atoms with E-state index in [1.165, 1.54) is 35.6 Å². The van der Waals surface area contributed by atoms with E-state index in [0.717, 1.165) is 44.1 Å². The molecule has 2 aromatic rings. The lowest BCUT2D eigenvalue weighted by Crippen LogP contribution is -2.57. The number of hydrogen-bond acceptors (Lipinski definition) is 4. The summed E-state index contributed by atoms with van der Waals surface area (Å²) in [6, 6.07) is 13.4. The molecule has 2 aliphatic carbocycles. The second-order valence-corrected chi connectivity index (χ2v) is 12.0. The molecule has 2 unspecified atom stereocenters. The lowest BCUT2D eigenvalue weighted by Gasteiger charge is -2.52. The zero-order chi connectivity index (χ0) is 23.9. The summed E-state index contributed by atoms with van der Waals surface area (Å²) in [4.78, 5) is 14.7. The van der Waals surface area contributed by atoms with Gasteiger partial charge >= 0.3 is 5.97 Å². The molecule has 4 aliphatic rings. The monoisotopic (exact) mass is 463 g/mol. The highest BCUT2D eigenvalue weighted by molar-refractivity contribution is 5.84. The minimum absolute atomic E-state index is 0.0226. The van der Waals surface area contributed by atoms with Crippen LogP contribution < -0.4 is 4.74 Å². The third-order valence-corrected chi connectivity index (χ3v) is 8.65. The number of rotatable bonds is 6. The average molecular weight is 464 g/mol. The van der Waals surface area contributed by atoms with Crippen molar-refractivity contribution in [3.63, 3.8) is 0 Å². The van der Waals surface area contributed by atoms with Gasteiger partial charge in [-0.05, 0) is 96.7 Å². The number of fused-ring (bicyclic) bond motifs is 3. The number of benzene rings is 2. The van der Waals surface area contributed by atoms with Crippen LogP contribution in [0.5, 0.6) is 5.75 Å². The van der Waals surface area contributed by atoms with Crippen LogP contribution >= 0.6 is 0 Å². The Balaban J connectivity index is 1.17. The van der Waals surface area contributed by atoms with Gasteiger partial charge < -0.3 is 9.47 Å². The van der Waals surface area contributed by atoms with Crippen LogP contribution in [0.25, 0.3) is 10.8 Å². The average Bonchev–Trinajstić information content (AvgIpc) is 2.79. The van der Waals surface area contributed by atoms with Crippen LogP contribution in [0.3, 0.4) is 0 Å². The summed E-state index contributed by atoms with van der Waals surface area (Å²) in [5.74, 6) is 2.90. The minimum atomic E-state index is 0.0226.